The molecular weight excluding hydrogens is 502 g/mol. The molecule has 1 amide bonds. The summed E-state index contributed by atoms with van der Waals surface area (Å²) in [5.74, 6) is -0.751. The molecule has 1 N–H and O–H groups in total. The first-order valence-electron chi connectivity index (χ1n) is 10.7. The van der Waals surface area contributed by atoms with E-state index in [1.165, 1.54) is 19.2 Å². The molecule has 6 nitrogen and oxygen atoms in total. The van der Waals surface area contributed by atoms with Gasteiger partial charge in [0.2, 0.25) is 12.2 Å². The molecule has 0 unspecified atom stereocenters. The van der Waals surface area contributed by atoms with Gasteiger partial charge in [0.15, 0.2) is 0 Å². The van der Waals surface area contributed by atoms with Gasteiger partial charge in [0.1, 0.15) is 16.7 Å². The van der Waals surface area contributed by atoms with Crippen molar-refractivity contribution < 1.29 is 35.9 Å². The van der Waals surface area contributed by atoms with Gasteiger partial charge in [0.05, 0.1) is 12.7 Å². The van der Waals surface area contributed by atoms with E-state index in [2.05, 4.69) is 15.3 Å². The van der Waals surface area contributed by atoms with E-state index in [1.807, 2.05) is 13.8 Å². The third-order valence-electron chi connectivity index (χ3n) is 4.60. The Kier molecular flexibility index (Phi) is 12.1. The van der Waals surface area contributed by atoms with Crippen LogP contribution >= 0.6 is 11.6 Å². The van der Waals surface area contributed by atoms with Gasteiger partial charge in [0.25, 0.3) is 0 Å². The minimum absolute atomic E-state index is 0.174. The molecule has 1 aliphatic heterocycles. The predicted octanol–water partition coefficient (Wildman–Crippen LogP) is 5.78. The Labute approximate surface area is 204 Å². The first kappa shape index (κ1) is 30.3. The standard InChI is InChI=1S/C11H12F3NO2.C9H9ClF3N3.C2H6/c1-17-10-6-9(11(12,13)14)3-2-8(10)4-5-15-7-16;10-6-5-7(16-3-1-2-4-16)15-8(14-6)9(11,12)13;1-2/h2-3,6-7H,4-5H2,1H3,(H,15,16);5H,1-4H2;1-2H3. The lowest BCUT2D eigenvalue weighted by atomic mass is 10.1. The van der Waals surface area contributed by atoms with E-state index in [-0.39, 0.29) is 16.7 Å². The van der Waals surface area contributed by atoms with E-state index in [0.29, 0.717) is 38.0 Å². The summed E-state index contributed by atoms with van der Waals surface area (Å²) in [5, 5.41) is 2.26. The maximum atomic E-state index is 12.4. The van der Waals surface area contributed by atoms with Crippen LogP contribution in [0.15, 0.2) is 24.3 Å². The van der Waals surface area contributed by atoms with Crippen molar-refractivity contribution in [2.75, 3.05) is 31.6 Å². The molecule has 0 atom stereocenters. The van der Waals surface area contributed by atoms with Crippen LogP contribution in [-0.2, 0) is 23.6 Å². The van der Waals surface area contributed by atoms with E-state index in [9.17, 15) is 31.1 Å². The van der Waals surface area contributed by atoms with Crippen molar-refractivity contribution >= 4 is 23.8 Å². The first-order chi connectivity index (χ1) is 16.5. The Bertz CT molecular complexity index is 935. The number of amides is 1. The zero-order valence-electron chi connectivity index (χ0n) is 19.4. The van der Waals surface area contributed by atoms with Crippen LogP contribution in [0.3, 0.4) is 0 Å². The number of anilines is 1. The minimum Gasteiger partial charge on any atom is -0.496 e. The number of carbonyl (C=O) groups excluding carboxylic acids is 1. The van der Waals surface area contributed by atoms with Gasteiger partial charge in [-0.15, -0.1) is 0 Å². The van der Waals surface area contributed by atoms with Crippen molar-refractivity contribution in [1.82, 2.24) is 15.3 Å². The average Bonchev–Trinajstić information content (AvgIpc) is 3.35. The summed E-state index contributed by atoms with van der Waals surface area (Å²) in [4.78, 5) is 18.5. The Morgan fingerprint density at radius 2 is 1.69 bits per heavy atom. The Balaban J connectivity index is 0.000000327. The van der Waals surface area contributed by atoms with E-state index in [0.717, 1.165) is 25.0 Å². The molecule has 1 fully saturated rings. The highest BCUT2D eigenvalue weighted by molar-refractivity contribution is 6.29. The minimum atomic E-state index is -4.56. The monoisotopic (exact) mass is 528 g/mol. The van der Waals surface area contributed by atoms with Gasteiger partial charge in [-0.1, -0.05) is 31.5 Å². The van der Waals surface area contributed by atoms with Gasteiger partial charge in [-0.2, -0.15) is 26.3 Å². The molecule has 0 bridgehead atoms. The molecule has 1 saturated heterocycles. The number of aromatic nitrogens is 2. The second-order valence-corrected chi connectivity index (χ2v) is 7.30. The van der Waals surface area contributed by atoms with Crippen LogP contribution < -0.4 is 15.0 Å². The van der Waals surface area contributed by atoms with Crippen LogP contribution in [-0.4, -0.2) is 43.1 Å². The molecule has 3 rings (SSSR count). The van der Waals surface area contributed by atoms with Crippen molar-refractivity contribution in [3.63, 3.8) is 0 Å². The summed E-state index contributed by atoms with van der Waals surface area (Å²) in [5.41, 5.74) is -0.128. The number of alkyl halides is 6. The SMILES string of the molecule is CC.COc1cc(C(F)(F)F)ccc1CCNC=O.FC(F)(F)c1nc(Cl)cc(N2CCCC2)n1. The number of ether oxygens (including phenoxy) is 1. The van der Waals surface area contributed by atoms with Crippen LogP contribution in [0.1, 0.15) is 43.6 Å². The predicted molar refractivity (Wildman–Crippen MR) is 121 cm³/mol. The molecule has 0 saturated carbocycles. The number of hydrogen-bond donors (Lipinski definition) is 1. The molecule has 0 spiro atoms. The highest BCUT2D eigenvalue weighted by atomic mass is 35.5. The summed E-state index contributed by atoms with van der Waals surface area (Å²) < 4.78 is 79.5. The van der Waals surface area contributed by atoms with E-state index < -0.39 is 23.7 Å². The summed E-state index contributed by atoms with van der Waals surface area (Å²) >= 11 is 5.56. The van der Waals surface area contributed by atoms with E-state index in [4.69, 9.17) is 16.3 Å². The van der Waals surface area contributed by atoms with E-state index >= 15 is 0 Å². The van der Waals surface area contributed by atoms with Crippen LogP contribution in [0.4, 0.5) is 32.2 Å². The smallest absolute Gasteiger partial charge is 0.451 e. The molecule has 1 aliphatic rings. The number of rotatable bonds is 6. The number of halogens is 7. The van der Waals surface area contributed by atoms with Gasteiger partial charge in [-0.25, -0.2) is 9.97 Å². The van der Waals surface area contributed by atoms with Gasteiger partial charge in [-0.3, -0.25) is 4.79 Å². The van der Waals surface area contributed by atoms with Crippen LogP contribution in [0, 0.1) is 0 Å². The molecular formula is C22H27ClF6N4O2. The molecule has 0 radical (unpaired) electrons. The van der Waals surface area contributed by atoms with Crippen molar-refractivity contribution in [2.24, 2.45) is 0 Å². The number of benzene rings is 1. The summed E-state index contributed by atoms with van der Waals surface area (Å²) in [6.07, 6.45) is -6.06. The molecule has 1 aromatic heterocycles. The second-order valence-electron chi connectivity index (χ2n) is 6.91. The number of carbonyl (C=O) groups is 1. The van der Waals surface area contributed by atoms with Crippen LogP contribution in [0.2, 0.25) is 5.15 Å². The molecule has 2 aromatic rings. The largest absolute Gasteiger partial charge is 0.496 e. The lowest BCUT2D eigenvalue weighted by molar-refractivity contribution is -0.145. The molecule has 196 valence electrons. The zero-order chi connectivity index (χ0) is 26.6. The van der Waals surface area contributed by atoms with E-state index in [1.54, 1.807) is 4.90 Å². The van der Waals surface area contributed by atoms with Crippen molar-refractivity contribution in [3.8, 4) is 5.75 Å². The maximum absolute atomic E-state index is 12.4. The molecule has 1 aromatic carbocycles. The van der Waals surface area contributed by atoms with Gasteiger partial charge >= 0.3 is 12.4 Å². The third-order valence-corrected chi connectivity index (χ3v) is 4.80. The molecule has 35 heavy (non-hydrogen) atoms. The Morgan fingerprint density at radius 3 is 2.20 bits per heavy atom. The molecule has 2 heterocycles. The number of nitrogens with zero attached hydrogens (tertiary/aromatic N) is 3. The van der Waals surface area contributed by atoms with Crippen LogP contribution in [0.25, 0.3) is 0 Å². The zero-order valence-corrected chi connectivity index (χ0v) is 20.2. The summed E-state index contributed by atoms with van der Waals surface area (Å²) in [6, 6.07) is 4.67. The van der Waals surface area contributed by atoms with Crippen molar-refractivity contribution in [2.45, 2.75) is 45.5 Å². The molecule has 0 aliphatic carbocycles. The van der Waals surface area contributed by atoms with Crippen LogP contribution in [0.5, 0.6) is 5.75 Å². The van der Waals surface area contributed by atoms with Crippen molar-refractivity contribution in [1.29, 1.82) is 0 Å². The Hall–Kier alpha value is -2.76. The first-order valence-corrected chi connectivity index (χ1v) is 11.1. The highest BCUT2D eigenvalue weighted by Gasteiger charge is 2.36. The van der Waals surface area contributed by atoms with Crippen molar-refractivity contribution in [3.05, 3.63) is 46.4 Å². The summed E-state index contributed by atoms with van der Waals surface area (Å²) in [6.45, 7) is 5.78. The highest BCUT2D eigenvalue weighted by Crippen LogP contribution is 2.33. The Morgan fingerprint density at radius 1 is 1.06 bits per heavy atom. The van der Waals surface area contributed by atoms with Gasteiger partial charge in [0, 0.05) is 25.7 Å². The fourth-order valence-corrected chi connectivity index (χ4v) is 3.21. The lowest BCUT2D eigenvalue weighted by Crippen LogP contribution is -2.21. The number of nitrogens with one attached hydrogen (secondary N) is 1. The second kappa shape index (κ2) is 14.0. The number of methoxy groups -OCH3 is 1. The third kappa shape index (κ3) is 9.79. The number of hydrogen-bond acceptors (Lipinski definition) is 5. The topological polar surface area (TPSA) is 67.3 Å². The average molecular weight is 529 g/mol. The maximum Gasteiger partial charge on any atom is 0.451 e. The molecule has 13 heteroatoms. The quantitative estimate of drug-likeness (QED) is 0.223. The normalized spacial score (nSPS) is 13.3. The fourth-order valence-electron chi connectivity index (χ4n) is 3.03. The van der Waals surface area contributed by atoms with Gasteiger partial charge < -0.3 is 15.0 Å². The lowest BCUT2D eigenvalue weighted by Gasteiger charge is -2.17. The summed E-state index contributed by atoms with van der Waals surface area (Å²) in [7, 11) is 1.31. The van der Waals surface area contributed by atoms with Gasteiger partial charge in [-0.05, 0) is 37.0 Å². The fraction of sp³-hybridized carbons (Fsp3) is 0.500.